The first-order valence-electron chi connectivity index (χ1n) is 11.8. The van der Waals surface area contributed by atoms with Gasteiger partial charge in [0.2, 0.25) is 0 Å². The van der Waals surface area contributed by atoms with E-state index in [1.54, 1.807) is 32.8 Å². The molecule has 0 bridgehead atoms. The molecule has 0 spiro atoms. The van der Waals surface area contributed by atoms with Crippen molar-refractivity contribution in [3.8, 4) is 22.9 Å². The third-order valence-electron chi connectivity index (χ3n) is 6.43. The summed E-state index contributed by atoms with van der Waals surface area (Å²) in [5.74, 6) is 1.63. The van der Waals surface area contributed by atoms with Crippen LogP contribution in [0.5, 0.6) is 11.5 Å². The van der Waals surface area contributed by atoms with Crippen molar-refractivity contribution < 1.29 is 9.47 Å². The Morgan fingerprint density at radius 3 is 2.62 bits per heavy atom. The number of nitrogens with one attached hydrogen (secondary N) is 1. The van der Waals surface area contributed by atoms with Crippen molar-refractivity contribution in [1.82, 2.24) is 30.2 Å². The number of methoxy groups -OCH3 is 2. The van der Waals surface area contributed by atoms with E-state index in [0.717, 1.165) is 56.9 Å². The molecule has 1 unspecified atom stereocenters. The molecule has 0 radical (unpaired) electrons. The van der Waals surface area contributed by atoms with Gasteiger partial charge in [-0.25, -0.2) is 19.9 Å². The van der Waals surface area contributed by atoms with Crippen LogP contribution < -0.4 is 25.4 Å². The third kappa shape index (κ3) is 4.69. The topological polar surface area (TPSA) is 115 Å². The fourth-order valence-corrected chi connectivity index (χ4v) is 4.59. The number of rotatable bonds is 9. The monoisotopic (exact) mass is 466 g/mol. The quantitative estimate of drug-likeness (QED) is 0.455. The minimum absolute atomic E-state index is 0.260. The lowest BCUT2D eigenvalue weighted by Crippen LogP contribution is -2.52. The molecule has 3 N–H and O–H groups in total. The summed E-state index contributed by atoms with van der Waals surface area (Å²) in [4.78, 5) is 22.8. The number of nitrogen functional groups attached to an aromatic ring is 1. The standard InChI is InChI=1S/C24H34N8O2/c1-5-31(6-2)11-7-16-14-26-10-12-32(16)20-17(13-18(25)21(33-3)22(20)34-4)23-29-15-19-24(30-23)28-9-8-27-19/h8-9,13,15-16,26H,5-7,10-12,14,25H2,1-4H3. The molecule has 2 aromatic heterocycles. The van der Waals surface area contributed by atoms with Crippen molar-refractivity contribution in [2.24, 2.45) is 0 Å². The summed E-state index contributed by atoms with van der Waals surface area (Å²) >= 11 is 0. The summed E-state index contributed by atoms with van der Waals surface area (Å²) in [5, 5.41) is 3.55. The molecule has 10 heteroatoms. The fourth-order valence-electron chi connectivity index (χ4n) is 4.59. The number of piperazine rings is 1. The van der Waals surface area contributed by atoms with Crippen LogP contribution in [0.3, 0.4) is 0 Å². The van der Waals surface area contributed by atoms with Gasteiger partial charge < -0.3 is 30.3 Å². The molecule has 4 rings (SSSR count). The van der Waals surface area contributed by atoms with Crippen LogP contribution in [-0.4, -0.2) is 84.4 Å². The van der Waals surface area contributed by atoms with Crippen molar-refractivity contribution in [2.45, 2.75) is 26.3 Å². The molecule has 10 nitrogen and oxygen atoms in total. The van der Waals surface area contributed by atoms with Gasteiger partial charge in [0.05, 0.1) is 31.8 Å². The first kappa shape index (κ1) is 23.9. The van der Waals surface area contributed by atoms with Crippen molar-refractivity contribution in [3.05, 3.63) is 24.7 Å². The average molecular weight is 467 g/mol. The molecule has 0 amide bonds. The number of hydrogen-bond donors (Lipinski definition) is 2. The fraction of sp³-hybridized carbons (Fsp3) is 0.500. The molecule has 1 atom stereocenters. The van der Waals surface area contributed by atoms with Gasteiger partial charge in [0, 0.05) is 50.2 Å². The number of nitrogens with two attached hydrogens (primary N) is 1. The number of anilines is 2. The Morgan fingerprint density at radius 1 is 1.12 bits per heavy atom. The van der Waals surface area contributed by atoms with Gasteiger partial charge in [0.25, 0.3) is 0 Å². The van der Waals surface area contributed by atoms with E-state index in [0.29, 0.717) is 34.2 Å². The van der Waals surface area contributed by atoms with Crippen LogP contribution in [0.25, 0.3) is 22.6 Å². The Morgan fingerprint density at radius 2 is 1.88 bits per heavy atom. The molecule has 0 aliphatic carbocycles. The lowest BCUT2D eigenvalue weighted by molar-refractivity contribution is 0.281. The first-order valence-corrected chi connectivity index (χ1v) is 11.8. The highest BCUT2D eigenvalue weighted by molar-refractivity contribution is 5.89. The first-order chi connectivity index (χ1) is 16.6. The molecule has 34 heavy (non-hydrogen) atoms. The van der Waals surface area contributed by atoms with Crippen LogP contribution in [0, 0.1) is 0 Å². The Hall–Kier alpha value is -3.24. The molecule has 3 heterocycles. The molecule has 3 aromatic rings. The van der Waals surface area contributed by atoms with Crippen LogP contribution in [0.2, 0.25) is 0 Å². The van der Waals surface area contributed by atoms with Gasteiger partial charge in [-0.2, -0.15) is 0 Å². The third-order valence-corrected chi connectivity index (χ3v) is 6.43. The van der Waals surface area contributed by atoms with Gasteiger partial charge >= 0.3 is 0 Å². The van der Waals surface area contributed by atoms with Crippen molar-refractivity contribution in [2.75, 3.05) is 64.1 Å². The van der Waals surface area contributed by atoms with Gasteiger partial charge in [-0.1, -0.05) is 13.8 Å². The highest BCUT2D eigenvalue weighted by atomic mass is 16.5. The van der Waals surface area contributed by atoms with Gasteiger partial charge in [0.1, 0.15) is 5.52 Å². The maximum Gasteiger partial charge on any atom is 0.187 e. The Balaban J connectivity index is 1.84. The number of ether oxygens (including phenoxy) is 2. The molecule has 1 aromatic carbocycles. The van der Waals surface area contributed by atoms with E-state index >= 15 is 0 Å². The van der Waals surface area contributed by atoms with Crippen LogP contribution >= 0.6 is 0 Å². The highest BCUT2D eigenvalue weighted by Gasteiger charge is 2.31. The van der Waals surface area contributed by atoms with Crippen molar-refractivity contribution in [1.29, 1.82) is 0 Å². The van der Waals surface area contributed by atoms with Gasteiger partial charge in [0.15, 0.2) is 23.0 Å². The molecule has 1 aliphatic rings. The zero-order valence-corrected chi connectivity index (χ0v) is 20.4. The van der Waals surface area contributed by atoms with E-state index < -0.39 is 0 Å². The highest BCUT2D eigenvalue weighted by Crippen LogP contribution is 2.48. The summed E-state index contributed by atoms with van der Waals surface area (Å²) in [5.41, 5.74) is 9.72. The zero-order valence-electron chi connectivity index (χ0n) is 20.4. The van der Waals surface area contributed by atoms with E-state index in [1.165, 1.54) is 0 Å². The summed E-state index contributed by atoms with van der Waals surface area (Å²) in [6.45, 7) is 10.0. The van der Waals surface area contributed by atoms with Crippen molar-refractivity contribution in [3.63, 3.8) is 0 Å². The summed E-state index contributed by atoms with van der Waals surface area (Å²) in [6.07, 6.45) is 5.96. The molecule has 1 saturated heterocycles. The van der Waals surface area contributed by atoms with E-state index in [2.05, 4.69) is 43.9 Å². The summed E-state index contributed by atoms with van der Waals surface area (Å²) < 4.78 is 11.6. The van der Waals surface area contributed by atoms with Crippen LogP contribution in [-0.2, 0) is 0 Å². The average Bonchev–Trinajstić information content (AvgIpc) is 2.88. The normalized spacial score (nSPS) is 16.3. The van der Waals surface area contributed by atoms with E-state index in [9.17, 15) is 0 Å². The maximum absolute atomic E-state index is 6.40. The minimum atomic E-state index is 0.260. The number of aromatic nitrogens is 4. The number of benzene rings is 1. The SMILES string of the molecule is CCN(CC)CCC1CNCCN1c1c(-c2ncc3nccnc3n2)cc(N)c(OC)c1OC. The minimum Gasteiger partial charge on any atom is -0.491 e. The molecule has 1 aliphatic heterocycles. The van der Waals surface area contributed by atoms with Gasteiger partial charge in [-0.3, -0.25) is 0 Å². The number of fused-ring (bicyclic) bond motifs is 1. The molecule has 182 valence electrons. The second-order valence-corrected chi connectivity index (χ2v) is 8.25. The Labute approximate surface area is 200 Å². The van der Waals surface area contributed by atoms with E-state index in [4.69, 9.17) is 20.2 Å². The van der Waals surface area contributed by atoms with Crippen LogP contribution in [0.15, 0.2) is 24.7 Å². The van der Waals surface area contributed by atoms with E-state index in [-0.39, 0.29) is 6.04 Å². The lowest BCUT2D eigenvalue weighted by Gasteiger charge is -2.40. The van der Waals surface area contributed by atoms with E-state index in [1.807, 2.05) is 6.07 Å². The molecular formula is C24H34N8O2. The Bertz CT molecular complexity index is 1120. The predicted octanol–water partition coefficient (Wildman–Crippen LogP) is 2.20. The zero-order chi connectivity index (χ0) is 24.1. The predicted molar refractivity (Wildman–Crippen MR) is 134 cm³/mol. The number of nitrogens with zero attached hydrogens (tertiary/aromatic N) is 6. The van der Waals surface area contributed by atoms with Crippen molar-refractivity contribution >= 4 is 22.5 Å². The molecular weight excluding hydrogens is 432 g/mol. The molecule has 0 saturated carbocycles. The van der Waals surface area contributed by atoms with Gasteiger partial charge in [-0.05, 0) is 25.6 Å². The van der Waals surface area contributed by atoms with Crippen LogP contribution in [0.1, 0.15) is 20.3 Å². The summed E-state index contributed by atoms with van der Waals surface area (Å²) in [6, 6.07) is 2.13. The second-order valence-electron chi connectivity index (χ2n) is 8.25. The summed E-state index contributed by atoms with van der Waals surface area (Å²) in [7, 11) is 3.25. The number of hydrogen-bond acceptors (Lipinski definition) is 10. The van der Waals surface area contributed by atoms with Gasteiger partial charge in [-0.15, -0.1) is 0 Å². The lowest BCUT2D eigenvalue weighted by atomic mass is 10.0. The Kier molecular flexibility index (Phi) is 7.59. The maximum atomic E-state index is 6.40. The largest absolute Gasteiger partial charge is 0.491 e. The van der Waals surface area contributed by atoms with Crippen LogP contribution in [0.4, 0.5) is 11.4 Å². The smallest absolute Gasteiger partial charge is 0.187 e. The molecule has 1 fully saturated rings. The second kappa shape index (κ2) is 10.8.